The van der Waals surface area contributed by atoms with Gasteiger partial charge in [-0.25, -0.2) is 4.98 Å². The Balaban J connectivity index is 1.60. The highest BCUT2D eigenvalue weighted by atomic mass is 16.5. The van der Waals surface area contributed by atoms with Crippen molar-refractivity contribution in [2.75, 3.05) is 11.9 Å². The second kappa shape index (κ2) is 7.14. The van der Waals surface area contributed by atoms with Crippen LogP contribution in [0, 0.1) is 0 Å². The highest BCUT2D eigenvalue weighted by molar-refractivity contribution is 5.90. The minimum atomic E-state index is -0.679. The van der Waals surface area contributed by atoms with Crippen LogP contribution in [0.5, 0.6) is 5.75 Å². The van der Waals surface area contributed by atoms with Crippen molar-refractivity contribution < 1.29 is 14.6 Å². The number of ether oxygens (including phenoxy) is 1. The number of benzene rings is 2. The molecule has 24 heavy (non-hydrogen) atoms. The Kier molecular flexibility index (Phi) is 4.77. The number of carbonyl (C=O) groups excluding carboxylic acids is 1. The first kappa shape index (κ1) is 16.0. The topological polar surface area (TPSA) is 87.2 Å². The molecule has 0 spiro atoms. The molecule has 0 saturated heterocycles. The predicted molar refractivity (Wildman–Crippen MR) is 91.9 cm³/mol. The van der Waals surface area contributed by atoms with E-state index in [1.165, 1.54) is 0 Å². The van der Waals surface area contributed by atoms with Crippen LogP contribution < -0.4 is 10.1 Å². The van der Waals surface area contributed by atoms with Gasteiger partial charge in [0.05, 0.1) is 18.5 Å². The summed E-state index contributed by atoms with van der Waals surface area (Å²) in [4.78, 5) is 19.3. The van der Waals surface area contributed by atoms with Gasteiger partial charge in [-0.05, 0) is 31.2 Å². The van der Waals surface area contributed by atoms with E-state index < -0.39 is 6.10 Å². The molecule has 0 aliphatic rings. The normalized spacial score (nSPS) is 12.1. The minimum Gasteiger partial charge on any atom is -0.491 e. The van der Waals surface area contributed by atoms with E-state index in [-0.39, 0.29) is 18.9 Å². The van der Waals surface area contributed by atoms with E-state index in [1.54, 1.807) is 13.0 Å². The van der Waals surface area contributed by atoms with Gasteiger partial charge in [0.15, 0.2) is 0 Å². The Morgan fingerprint density at radius 3 is 2.79 bits per heavy atom. The number of amides is 1. The van der Waals surface area contributed by atoms with Crippen molar-refractivity contribution in [2.24, 2.45) is 0 Å². The molecule has 3 aromatic rings. The third kappa shape index (κ3) is 3.72. The smallest absolute Gasteiger partial charge is 0.227 e. The Morgan fingerprint density at radius 1 is 1.25 bits per heavy atom. The van der Waals surface area contributed by atoms with Crippen LogP contribution in [-0.4, -0.2) is 27.6 Å². The Morgan fingerprint density at radius 2 is 2.04 bits per heavy atom. The molecule has 2 aromatic carbocycles. The number of H-pyrrole nitrogens is 1. The number of aliphatic hydroxyl groups excluding tert-OH is 1. The van der Waals surface area contributed by atoms with Crippen LogP contribution in [0.4, 0.5) is 5.69 Å². The summed E-state index contributed by atoms with van der Waals surface area (Å²) in [5.41, 5.74) is 2.20. The first-order valence-corrected chi connectivity index (χ1v) is 7.78. The molecule has 6 nitrogen and oxygen atoms in total. The van der Waals surface area contributed by atoms with Gasteiger partial charge in [-0.1, -0.05) is 24.3 Å². The summed E-state index contributed by atoms with van der Waals surface area (Å²) in [6.07, 6.45) is -0.444. The van der Waals surface area contributed by atoms with Crippen LogP contribution >= 0.6 is 0 Å². The van der Waals surface area contributed by atoms with Gasteiger partial charge in [0.1, 0.15) is 23.2 Å². The van der Waals surface area contributed by atoms with Gasteiger partial charge in [0.2, 0.25) is 5.91 Å². The fourth-order valence-electron chi connectivity index (χ4n) is 2.34. The van der Waals surface area contributed by atoms with Gasteiger partial charge >= 0.3 is 0 Å². The number of rotatable bonds is 6. The lowest BCUT2D eigenvalue weighted by atomic mass is 10.3. The lowest BCUT2D eigenvalue weighted by Gasteiger charge is -2.07. The quantitative estimate of drug-likeness (QED) is 0.650. The van der Waals surface area contributed by atoms with Crippen LogP contribution in [0.1, 0.15) is 25.3 Å². The molecule has 1 amide bonds. The standard InChI is InChI=1S/C18H19N3O3/c1-12(22)18-20-14-8-5-9-15(17(14)21-18)24-11-10-16(23)19-13-6-3-2-4-7-13/h2-9,12,22H,10-11H2,1H3,(H,19,23)(H,20,21). The maximum absolute atomic E-state index is 11.9. The maximum Gasteiger partial charge on any atom is 0.227 e. The fraction of sp³-hybridized carbons (Fsp3) is 0.222. The number of carbonyl (C=O) groups is 1. The van der Waals surface area contributed by atoms with Gasteiger partial charge in [0, 0.05) is 5.69 Å². The van der Waals surface area contributed by atoms with E-state index in [2.05, 4.69) is 15.3 Å². The molecule has 0 fully saturated rings. The minimum absolute atomic E-state index is 0.111. The summed E-state index contributed by atoms with van der Waals surface area (Å²) < 4.78 is 5.70. The molecular weight excluding hydrogens is 306 g/mol. The third-order valence-corrected chi connectivity index (χ3v) is 3.53. The van der Waals surface area contributed by atoms with E-state index in [0.717, 1.165) is 11.2 Å². The predicted octanol–water partition coefficient (Wildman–Crippen LogP) is 3.02. The number of hydrogen-bond donors (Lipinski definition) is 3. The number of nitrogens with zero attached hydrogens (tertiary/aromatic N) is 1. The number of nitrogens with one attached hydrogen (secondary N) is 2. The number of fused-ring (bicyclic) bond motifs is 1. The Bertz CT molecular complexity index is 828. The molecule has 3 rings (SSSR count). The van der Waals surface area contributed by atoms with Gasteiger partial charge in [-0.3, -0.25) is 4.79 Å². The summed E-state index contributed by atoms with van der Waals surface area (Å²) >= 11 is 0. The van der Waals surface area contributed by atoms with Crippen molar-refractivity contribution >= 4 is 22.6 Å². The SMILES string of the molecule is CC(O)c1nc2c(OCCC(=O)Nc3ccccc3)cccc2[nH]1. The Hall–Kier alpha value is -2.86. The number of para-hydroxylation sites is 2. The van der Waals surface area contributed by atoms with Gasteiger partial charge in [-0.2, -0.15) is 0 Å². The molecule has 1 heterocycles. The van der Waals surface area contributed by atoms with E-state index in [1.807, 2.05) is 42.5 Å². The number of aromatic nitrogens is 2. The second-order valence-corrected chi connectivity index (χ2v) is 5.46. The molecule has 3 N–H and O–H groups in total. The van der Waals surface area contributed by atoms with Crippen LogP contribution in [0.25, 0.3) is 11.0 Å². The van der Waals surface area contributed by atoms with Crippen LogP contribution in [0.15, 0.2) is 48.5 Å². The number of hydrogen-bond acceptors (Lipinski definition) is 4. The molecule has 0 aliphatic heterocycles. The zero-order chi connectivity index (χ0) is 16.9. The van der Waals surface area contributed by atoms with Gasteiger partial charge < -0.3 is 20.1 Å². The zero-order valence-electron chi connectivity index (χ0n) is 13.3. The summed E-state index contributed by atoms with van der Waals surface area (Å²) in [6.45, 7) is 1.89. The fourth-order valence-corrected chi connectivity index (χ4v) is 2.34. The first-order chi connectivity index (χ1) is 11.6. The third-order valence-electron chi connectivity index (χ3n) is 3.53. The average molecular weight is 325 g/mol. The van der Waals surface area contributed by atoms with Gasteiger partial charge in [-0.15, -0.1) is 0 Å². The largest absolute Gasteiger partial charge is 0.491 e. The lowest BCUT2D eigenvalue weighted by molar-refractivity contribution is -0.116. The second-order valence-electron chi connectivity index (χ2n) is 5.46. The van der Waals surface area contributed by atoms with Gasteiger partial charge in [0.25, 0.3) is 0 Å². The summed E-state index contributed by atoms with van der Waals surface area (Å²) in [5, 5.41) is 12.4. The molecule has 124 valence electrons. The van der Waals surface area contributed by atoms with E-state index >= 15 is 0 Å². The maximum atomic E-state index is 11.9. The molecule has 0 aliphatic carbocycles. The lowest BCUT2D eigenvalue weighted by Crippen LogP contribution is -2.15. The molecule has 0 bridgehead atoms. The van der Waals surface area contributed by atoms with E-state index in [0.29, 0.717) is 17.1 Å². The zero-order valence-corrected chi connectivity index (χ0v) is 13.3. The first-order valence-electron chi connectivity index (χ1n) is 7.78. The average Bonchev–Trinajstić information content (AvgIpc) is 3.01. The number of aromatic amines is 1. The molecule has 1 unspecified atom stereocenters. The highest BCUT2D eigenvalue weighted by Gasteiger charge is 2.12. The summed E-state index contributed by atoms with van der Waals surface area (Å²) in [6, 6.07) is 14.8. The van der Waals surface area contributed by atoms with Crippen molar-refractivity contribution in [3.05, 3.63) is 54.4 Å². The molecule has 1 atom stereocenters. The van der Waals surface area contributed by atoms with Crippen LogP contribution in [0.2, 0.25) is 0 Å². The molecule has 1 aromatic heterocycles. The molecule has 6 heteroatoms. The summed E-state index contributed by atoms with van der Waals surface area (Å²) in [5.74, 6) is 0.964. The van der Waals surface area contributed by atoms with Crippen molar-refractivity contribution in [1.82, 2.24) is 9.97 Å². The number of anilines is 1. The van der Waals surface area contributed by atoms with Crippen molar-refractivity contribution in [1.29, 1.82) is 0 Å². The van der Waals surface area contributed by atoms with E-state index in [4.69, 9.17) is 4.74 Å². The van der Waals surface area contributed by atoms with Crippen molar-refractivity contribution in [2.45, 2.75) is 19.4 Å². The van der Waals surface area contributed by atoms with Crippen molar-refractivity contribution in [3.63, 3.8) is 0 Å². The molecule has 0 saturated carbocycles. The highest BCUT2D eigenvalue weighted by Crippen LogP contribution is 2.25. The molecule has 0 radical (unpaired) electrons. The monoisotopic (exact) mass is 325 g/mol. The van der Waals surface area contributed by atoms with Crippen LogP contribution in [-0.2, 0) is 4.79 Å². The van der Waals surface area contributed by atoms with Crippen LogP contribution in [0.3, 0.4) is 0 Å². The number of aliphatic hydroxyl groups is 1. The van der Waals surface area contributed by atoms with E-state index in [9.17, 15) is 9.90 Å². The number of imidazole rings is 1. The molecular formula is C18H19N3O3. The van der Waals surface area contributed by atoms with Crippen molar-refractivity contribution in [3.8, 4) is 5.75 Å². The summed E-state index contributed by atoms with van der Waals surface area (Å²) in [7, 11) is 0. The Labute approximate surface area is 139 Å².